The van der Waals surface area contributed by atoms with Gasteiger partial charge in [0.05, 0.1) is 25.2 Å². The number of carboxylic acids is 1. The van der Waals surface area contributed by atoms with Gasteiger partial charge in [-0.25, -0.2) is 0 Å². The minimum absolute atomic E-state index is 0.00553. The smallest absolute Gasteiger partial charge is 0.303 e. The van der Waals surface area contributed by atoms with Gasteiger partial charge in [0.15, 0.2) is 6.29 Å². The second kappa shape index (κ2) is 13.3. The second-order valence-corrected chi connectivity index (χ2v) is 9.24. The van der Waals surface area contributed by atoms with E-state index in [0.29, 0.717) is 6.54 Å². The van der Waals surface area contributed by atoms with Gasteiger partial charge in [-0.1, -0.05) is 61.5 Å². The fourth-order valence-corrected chi connectivity index (χ4v) is 4.23. The van der Waals surface area contributed by atoms with Crippen LogP contribution in [0.5, 0.6) is 0 Å². The molecule has 194 valence electrons. The zero-order valence-electron chi connectivity index (χ0n) is 20.9. The van der Waals surface area contributed by atoms with Crippen molar-refractivity contribution in [1.82, 2.24) is 10.2 Å². The summed E-state index contributed by atoms with van der Waals surface area (Å²) in [5, 5.41) is 20.8. The number of hydrogen-bond acceptors (Lipinski definition) is 6. The molecule has 1 heterocycles. The molecule has 1 saturated heterocycles. The summed E-state index contributed by atoms with van der Waals surface area (Å²) in [6.45, 7) is 7.74. The first-order chi connectivity index (χ1) is 17.3. The van der Waals surface area contributed by atoms with Gasteiger partial charge in [0.1, 0.15) is 0 Å². The van der Waals surface area contributed by atoms with Crippen molar-refractivity contribution in [3.63, 3.8) is 0 Å². The van der Waals surface area contributed by atoms with Gasteiger partial charge in [-0.15, -0.1) is 6.58 Å². The molecule has 2 aromatic rings. The summed E-state index contributed by atoms with van der Waals surface area (Å²) >= 11 is 0. The number of aliphatic hydroxyl groups is 1. The zero-order valence-corrected chi connectivity index (χ0v) is 20.9. The van der Waals surface area contributed by atoms with Gasteiger partial charge in [0, 0.05) is 37.5 Å². The van der Waals surface area contributed by atoms with E-state index in [4.69, 9.17) is 14.6 Å². The standard InChI is InChI=1S/C28H36N2O6/c1-4-15-30(3)17-24-19(2)27(22-9-7-21(18-31)8-10-22)36-28(35-24)23-11-5-20(6-12-23)16-29-25(32)13-14-26(33)34/h4-12,19,24,27-28,31H,1,13-18H2,2-3H3,(H,29,32)(H,33,34)/t19-,24+,27+,28+/m0/s1. The second-order valence-electron chi connectivity index (χ2n) is 9.24. The van der Waals surface area contributed by atoms with Crippen molar-refractivity contribution in [3.8, 4) is 0 Å². The van der Waals surface area contributed by atoms with Crippen molar-refractivity contribution in [2.45, 2.75) is 51.4 Å². The fraction of sp³-hybridized carbons (Fsp3) is 0.429. The normalized spacial score (nSPS) is 21.8. The Bertz CT molecular complexity index is 1010. The molecule has 36 heavy (non-hydrogen) atoms. The van der Waals surface area contributed by atoms with E-state index in [1.54, 1.807) is 0 Å². The van der Waals surface area contributed by atoms with Crippen LogP contribution in [0.25, 0.3) is 0 Å². The molecule has 0 unspecified atom stereocenters. The Kier molecular flexibility index (Phi) is 10.2. The summed E-state index contributed by atoms with van der Waals surface area (Å²) in [5.74, 6) is -1.20. The molecule has 0 spiro atoms. The first-order valence-corrected chi connectivity index (χ1v) is 12.2. The molecule has 0 bridgehead atoms. The maximum Gasteiger partial charge on any atom is 0.303 e. The largest absolute Gasteiger partial charge is 0.481 e. The molecule has 1 fully saturated rings. The maximum absolute atomic E-state index is 11.8. The highest BCUT2D eigenvalue weighted by Crippen LogP contribution is 2.41. The molecule has 1 amide bonds. The Morgan fingerprint density at radius 1 is 1.03 bits per heavy atom. The van der Waals surface area contributed by atoms with E-state index in [0.717, 1.165) is 35.3 Å². The van der Waals surface area contributed by atoms with Crippen molar-refractivity contribution in [2.75, 3.05) is 20.1 Å². The monoisotopic (exact) mass is 496 g/mol. The van der Waals surface area contributed by atoms with Gasteiger partial charge in [0.25, 0.3) is 0 Å². The number of nitrogens with zero attached hydrogens (tertiary/aromatic N) is 1. The van der Waals surface area contributed by atoms with Crippen LogP contribution in [-0.2, 0) is 32.2 Å². The molecule has 3 N–H and O–H groups in total. The van der Waals surface area contributed by atoms with Crippen molar-refractivity contribution in [3.05, 3.63) is 83.4 Å². The predicted octanol–water partition coefficient (Wildman–Crippen LogP) is 3.57. The molecule has 1 aliphatic heterocycles. The number of rotatable bonds is 12. The van der Waals surface area contributed by atoms with Crippen molar-refractivity contribution in [1.29, 1.82) is 0 Å². The molecule has 0 radical (unpaired) electrons. The maximum atomic E-state index is 11.8. The van der Waals surface area contributed by atoms with Gasteiger partial charge in [0.2, 0.25) is 5.91 Å². The lowest BCUT2D eigenvalue weighted by atomic mass is 9.90. The van der Waals surface area contributed by atoms with E-state index < -0.39 is 12.3 Å². The molecule has 8 nitrogen and oxygen atoms in total. The molecular weight excluding hydrogens is 460 g/mol. The first kappa shape index (κ1) is 27.5. The summed E-state index contributed by atoms with van der Waals surface area (Å²) in [5.41, 5.74) is 3.65. The van der Waals surface area contributed by atoms with E-state index >= 15 is 0 Å². The molecule has 1 aliphatic rings. The van der Waals surface area contributed by atoms with Gasteiger partial charge in [-0.05, 0) is 23.7 Å². The lowest BCUT2D eigenvalue weighted by Gasteiger charge is -2.42. The van der Waals surface area contributed by atoms with Crippen LogP contribution < -0.4 is 5.32 Å². The number of hydrogen-bond donors (Lipinski definition) is 3. The molecule has 3 rings (SSSR count). The third-order valence-electron chi connectivity index (χ3n) is 6.36. The van der Waals surface area contributed by atoms with Crippen molar-refractivity contribution < 1.29 is 29.3 Å². The minimum atomic E-state index is -0.993. The molecule has 0 saturated carbocycles. The number of nitrogens with one attached hydrogen (secondary N) is 1. The van der Waals surface area contributed by atoms with Crippen LogP contribution in [-0.4, -0.2) is 53.2 Å². The van der Waals surface area contributed by atoms with Gasteiger partial charge in [-0.2, -0.15) is 0 Å². The SMILES string of the molecule is C=CCN(C)C[C@H]1O[C@@H](c2ccc(CNC(=O)CCC(=O)O)cc2)O[C@@H](c2ccc(CO)cc2)[C@H]1C. The summed E-state index contributed by atoms with van der Waals surface area (Å²) in [7, 11) is 2.03. The summed E-state index contributed by atoms with van der Waals surface area (Å²) < 4.78 is 12.9. The fourth-order valence-electron chi connectivity index (χ4n) is 4.23. The first-order valence-electron chi connectivity index (χ1n) is 12.2. The van der Waals surface area contributed by atoms with E-state index in [2.05, 4.69) is 23.7 Å². The number of carbonyl (C=O) groups is 2. The number of carbonyl (C=O) groups excluding carboxylic acids is 1. The van der Waals surface area contributed by atoms with Crippen LogP contribution in [0.15, 0.2) is 61.2 Å². The number of aliphatic hydroxyl groups excluding tert-OH is 1. The number of benzene rings is 2. The van der Waals surface area contributed by atoms with Crippen LogP contribution in [0, 0.1) is 5.92 Å². The van der Waals surface area contributed by atoms with E-state index in [9.17, 15) is 14.7 Å². The summed E-state index contributed by atoms with van der Waals surface area (Å²) in [6.07, 6.45) is 0.803. The third kappa shape index (κ3) is 7.73. The number of ether oxygens (including phenoxy) is 2. The Hall–Kier alpha value is -3.04. The quantitative estimate of drug-likeness (QED) is 0.386. The number of aliphatic carboxylic acids is 1. The molecule has 2 aromatic carbocycles. The summed E-state index contributed by atoms with van der Waals surface area (Å²) in [4.78, 5) is 24.6. The number of carboxylic acid groups (broad SMARTS) is 1. The highest BCUT2D eigenvalue weighted by molar-refractivity contribution is 5.80. The Morgan fingerprint density at radius 2 is 1.67 bits per heavy atom. The Balaban J connectivity index is 1.73. The van der Waals surface area contributed by atoms with Crippen LogP contribution in [0.1, 0.15) is 54.4 Å². The Morgan fingerprint density at radius 3 is 2.28 bits per heavy atom. The van der Waals surface area contributed by atoms with Gasteiger partial charge < -0.3 is 29.9 Å². The molecule has 8 heteroatoms. The average Bonchev–Trinajstić information content (AvgIpc) is 2.88. The third-order valence-corrected chi connectivity index (χ3v) is 6.36. The van der Waals surface area contributed by atoms with E-state index in [-0.39, 0.29) is 43.5 Å². The zero-order chi connectivity index (χ0) is 26.1. The minimum Gasteiger partial charge on any atom is -0.481 e. The van der Waals surface area contributed by atoms with Gasteiger partial charge >= 0.3 is 5.97 Å². The average molecular weight is 497 g/mol. The van der Waals surface area contributed by atoms with Crippen LogP contribution >= 0.6 is 0 Å². The topological polar surface area (TPSA) is 108 Å². The van der Waals surface area contributed by atoms with Crippen LogP contribution in [0.2, 0.25) is 0 Å². The van der Waals surface area contributed by atoms with E-state index in [1.807, 2.05) is 61.7 Å². The molecule has 0 aromatic heterocycles. The highest BCUT2D eigenvalue weighted by atomic mass is 16.7. The Labute approximate surface area is 212 Å². The molecular formula is C28H36N2O6. The van der Waals surface area contributed by atoms with Crippen molar-refractivity contribution >= 4 is 11.9 Å². The number of amides is 1. The van der Waals surface area contributed by atoms with Crippen LogP contribution in [0.3, 0.4) is 0 Å². The van der Waals surface area contributed by atoms with Crippen molar-refractivity contribution in [2.24, 2.45) is 5.92 Å². The molecule has 0 aliphatic carbocycles. The number of likely N-dealkylation sites (N-methyl/N-ethyl adjacent to an activating group) is 1. The van der Waals surface area contributed by atoms with Crippen LogP contribution in [0.4, 0.5) is 0 Å². The highest BCUT2D eigenvalue weighted by Gasteiger charge is 2.38. The van der Waals surface area contributed by atoms with E-state index in [1.165, 1.54) is 0 Å². The molecule has 4 atom stereocenters. The predicted molar refractivity (Wildman–Crippen MR) is 136 cm³/mol. The lowest BCUT2D eigenvalue weighted by molar-refractivity contribution is -0.275. The van der Waals surface area contributed by atoms with Gasteiger partial charge in [-0.3, -0.25) is 9.59 Å². The summed E-state index contributed by atoms with van der Waals surface area (Å²) in [6, 6.07) is 15.5. The lowest BCUT2D eigenvalue weighted by Crippen LogP contribution is -2.43.